The van der Waals surface area contributed by atoms with E-state index in [2.05, 4.69) is 26.8 Å². The van der Waals surface area contributed by atoms with Gasteiger partial charge in [0.25, 0.3) is 0 Å². The van der Waals surface area contributed by atoms with Gasteiger partial charge in [-0.25, -0.2) is 0 Å². The molecule has 1 spiro atoms. The second-order valence-electron chi connectivity index (χ2n) is 4.75. The summed E-state index contributed by atoms with van der Waals surface area (Å²) in [5.41, 5.74) is 2.24. The van der Waals surface area contributed by atoms with Gasteiger partial charge in [-0.05, 0) is 18.9 Å². The lowest BCUT2D eigenvalue weighted by atomic mass is 10.0. The van der Waals surface area contributed by atoms with Crippen LogP contribution >= 0.6 is 0 Å². The van der Waals surface area contributed by atoms with Crippen molar-refractivity contribution in [3.63, 3.8) is 0 Å². The lowest BCUT2D eigenvalue weighted by molar-refractivity contribution is 0.339. The van der Waals surface area contributed by atoms with E-state index in [9.17, 15) is 0 Å². The van der Waals surface area contributed by atoms with E-state index in [1.165, 1.54) is 12.0 Å². The van der Waals surface area contributed by atoms with Crippen LogP contribution in [0.15, 0.2) is 11.6 Å². The van der Waals surface area contributed by atoms with Crippen LogP contribution in [0.2, 0.25) is 0 Å². The third-order valence-corrected chi connectivity index (χ3v) is 4.05. The fraction of sp³-hybridized carbons (Fsp3) is 0.800. The topological polar surface area (TPSA) is 12.5 Å². The molecular formula is C10H14O. The second kappa shape index (κ2) is 1.31. The van der Waals surface area contributed by atoms with Gasteiger partial charge in [-0.1, -0.05) is 19.9 Å². The van der Waals surface area contributed by atoms with Gasteiger partial charge in [-0.2, -0.15) is 0 Å². The van der Waals surface area contributed by atoms with Crippen LogP contribution < -0.4 is 0 Å². The molecule has 1 nitrogen and oxygen atoms in total. The summed E-state index contributed by atoms with van der Waals surface area (Å²) >= 11 is 0. The standard InChI is InChI=1S/C10H14O/c1-6-4-5-7-9(2,3)10(7)8(6)11-10/h4,7-8H,5H2,1-3H3. The molecule has 1 heterocycles. The van der Waals surface area contributed by atoms with Crippen LogP contribution in [-0.4, -0.2) is 11.7 Å². The van der Waals surface area contributed by atoms with Crippen molar-refractivity contribution in [1.82, 2.24) is 0 Å². The molecule has 0 aromatic carbocycles. The summed E-state index contributed by atoms with van der Waals surface area (Å²) in [7, 11) is 0. The maximum atomic E-state index is 5.80. The molecule has 0 aromatic rings. The van der Waals surface area contributed by atoms with Crippen molar-refractivity contribution in [2.45, 2.75) is 38.9 Å². The Balaban J connectivity index is 2.03. The summed E-state index contributed by atoms with van der Waals surface area (Å²) in [6.45, 7) is 6.87. The average molecular weight is 150 g/mol. The van der Waals surface area contributed by atoms with Crippen LogP contribution in [0.1, 0.15) is 27.2 Å². The van der Waals surface area contributed by atoms with Crippen molar-refractivity contribution >= 4 is 0 Å². The molecule has 1 aliphatic heterocycles. The number of allylic oxidation sites excluding steroid dienone is 1. The fourth-order valence-electron chi connectivity index (χ4n) is 3.09. The molecule has 0 radical (unpaired) electrons. The maximum Gasteiger partial charge on any atom is 0.109 e. The van der Waals surface area contributed by atoms with E-state index in [0.717, 1.165) is 5.92 Å². The Labute approximate surface area is 67.4 Å². The molecule has 2 fully saturated rings. The first-order valence-electron chi connectivity index (χ1n) is 4.45. The Morgan fingerprint density at radius 1 is 1.55 bits per heavy atom. The average Bonchev–Trinajstić information content (AvgIpc) is 2.72. The van der Waals surface area contributed by atoms with Crippen molar-refractivity contribution in [2.75, 3.05) is 0 Å². The molecular weight excluding hydrogens is 136 g/mol. The molecule has 1 heteroatoms. The molecule has 3 aliphatic rings. The zero-order valence-corrected chi connectivity index (χ0v) is 7.35. The SMILES string of the molecule is CC1=CCC2C(C)(C)C23OC13. The van der Waals surface area contributed by atoms with Gasteiger partial charge >= 0.3 is 0 Å². The van der Waals surface area contributed by atoms with Gasteiger partial charge in [0, 0.05) is 11.3 Å². The summed E-state index contributed by atoms with van der Waals surface area (Å²) in [4.78, 5) is 0. The lowest BCUT2D eigenvalue weighted by Crippen LogP contribution is -2.05. The summed E-state index contributed by atoms with van der Waals surface area (Å²) in [5.74, 6) is 0.823. The summed E-state index contributed by atoms with van der Waals surface area (Å²) < 4.78 is 5.80. The van der Waals surface area contributed by atoms with Crippen LogP contribution in [-0.2, 0) is 4.74 Å². The summed E-state index contributed by atoms with van der Waals surface area (Å²) in [5, 5.41) is 0. The highest BCUT2D eigenvalue weighted by atomic mass is 16.6. The molecule has 11 heavy (non-hydrogen) atoms. The molecule has 1 saturated heterocycles. The molecule has 0 bridgehead atoms. The molecule has 3 unspecified atom stereocenters. The number of ether oxygens (including phenoxy) is 1. The minimum Gasteiger partial charge on any atom is -0.360 e. The van der Waals surface area contributed by atoms with Crippen molar-refractivity contribution < 1.29 is 4.74 Å². The predicted molar refractivity (Wildman–Crippen MR) is 43.2 cm³/mol. The predicted octanol–water partition coefficient (Wildman–Crippen LogP) is 2.13. The van der Waals surface area contributed by atoms with Crippen LogP contribution in [0, 0.1) is 11.3 Å². The molecule has 3 atom stereocenters. The van der Waals surface area contributed by atoms with Gasteiger partial charge in [-0.15, -0.1) is 0 Å². The maximum absolute atomic E-state index is 5.80. The monoisotopic (exact) mass is 150 g/mol. The first-order valence-corrected chi connectivity index (χ1v) is 4.45. The van der Waals surface area contributed by atoms with Gasteiger partial charge in [-0.3, -0.25) is 0 Å². The van der Waals surface area contributed by atoms with Gasteiger partial charge in [0.05, 0.1) is 0 Å². The first-order chi connectivity index (χ1) is 5.11. The molecule has 1 saturated carbocycles. The Kier molecular flexibility index (Phi) is 0.742. The Morgan fingerprint density at radius 2 is 2.27 bits per heavy atom. The zero-order chi connectivity index (χ0) is 7.85. The Bertz CT molecular complexity index is 264. The second-order valence-corrected chi connectivity index (χ2v) is 4.75. The fourth-order valence-corrected chi connectivity index (χ4v) is 3.09. The minimum absolute atomic E-state index is 0.311. The highest BCUT2D eigenvalue weighted by molar-refractivity contribution is 5.43. The summed E-state index contributed by atoms with van der Waals surface area (Å²) in [6.07, 6.45) is 4.10. The van der Waals surface area contributed by atoms with E-state index in [4.69, 9.17) is 4.74 Å². The van der Waals surface area contributed by atoms with E-state index in [0.29, 0.717) is 17.1 Å². The molecule has 0 N–H and O–H groups in total. The third kappa shape index (κ3) is 0.427. The Morgan fingerprint density at radius 3 is 2.91 bits per heavy atom. The third-order valence-electron chi connectivity index (χ3n) is 4.05. The van der Waals surface area contributed by atoms with Crippen molar-refractivity contribution in [2.24, 2.45) is 11.3 Å². The normalized spacial score (nSPS) is 55.7. The van der Waals surface area contributed by atoms with Gasteiger partial charge < -0.3 is 4.74 Å². The quantitative estimate of drug-likeness (QED) is 0.380. The van der Waals surface area contributed by atoms with Gasteiger partial charge in [0.1, 0.15) is 11.7 Å². The van der Waals surface area contributed by atoms with E-state index >= 15 is 0 Å². The van der Waals surface area contributed by atoms with Crippen LogP contribution in [0.3, 0.4) is 0 Å². The first kappa shape index (κ1) is 6.24. The zero-order valence-electron chi connectivity index (χ0n) is 7.35. The van der Waals surface area contributed by atoms with E-state index < -0.39 is 0 Å². The molecule has 60 valence electrons. The van der Waals surface area contributed by atoms with Crippen LogP contribution in [0.4, 0.5) is 0 Å². The smallest absolute Gasteiger partial charge is 0.109 e. The highest BCUT2D eigenvalue weighted by Crippen LogP contribution is 2.78. The minimum atomic E-state index is 0.311. The van der Waals surface area contributed by atoms with Crippen molar-refractivity contribution in [1.29, 1.82) is 0 Å². The number of epoxide rings is 1. The van der Waals surface area contributed by atoms with Crippen molar-refractivity contribution in [3.05, 3.63) is 11.6 Å². The van der Waals surface area contributed by atoms with Crippen LogP contribution in [0.5, 0.6) is 0 Å². The van der Waals surface area contributed by atoms with E-state index in [1.807, 2.05) is 0 Å². The molecule has 0 amide bonds. The van der Waals surface area contributed by atoms with E-state index in [1.54, 1.807) is 0 Å². The van der Waals surface area contributed by atoms with Crippen LogP contribution in [0.25, 0.3) is 0 Å². The van der Waals surface area contributed by atoms with Gasteiger partial charge in [0.2, 0.25) is 0 Å². The molecule has 0 aromatic heterocycles. The largest absolute Gasteiger partial charge is 0.360 e. The molecule has 2 aliphatic carbocycles. The summed E-state index contributed by atoms with van der Waals surface area (Å²) in [6, 6.07) is 0. The number of hydrogen-bond donors (Lipinski definition) is 0. The van der Waals surface area contributed by atoms with Gasteiger partial charge in [0.15, 0.2) is 0 Å². The van der Waals surface area contributed by atoms with Crippen molar-refractivity contribution in [3.8, 4) is 0 Å². The Hall–Kier alpha value is -0.300. The number of hydrogen-bond acceptors (Lipinski definition) is 1. The van der Waals surface area contributed by atoms with E-state index in [-0.39, 0.29) is 0 Å². The number of rotatable bonds is 0. The highest BCUT2D eigenvalue weighted by Gasteiger charge is 2.86. The molecule has 3 rings (SSSR count). The lowest BCUT2D eigenvalue weighted by Gasteiger charge is -1.99.